The van der Waals surface area contributed by atoms with Crippen molar-refractivity contribution in [3.05, 3.63) is 29.5 Å². The number of thiophene rings is 2. The molecule has 3 heterocycles. The van der Waals surface area contributed by atoms with Gasteiger partial charge in [0.1, 0.15) is 6.26 Å². The molecule has 0 radical (unpaired) electrons. The fourth-order valence-electron chi connectivity index (χ4n) is 1.73. The van der Waals surface area contributed by atoms with Crippen LogP contribution in [0.3, 0.4) is 0 Å². The number of rotatable bonds is 3. The van der Waals surface area contributed by atoms with Gasteiger partial charge in [0, 0.05) is 21.5 Å². The first kappa shape index (κ1) is 12.8. The number of nitrogens with one attached hydrogen (secondary N) is 1. The van der Waals surface area contributed by atoms with Crippen LogP contribution in [0.5, 0.6) is 0 Å². The Kier molecular flexibility index (Phi) is 3.20. The van der Waals surface area contributed by atoms with E-state index in [1.807, 2.05) is 0 Å². The van der Waals surface area contributed by atoms with E-state index >= 15 is 0 Å². The zero-order chi connectivity index (χ0) is 13.5. The SMILES string of the molecule is CC(C)(C)NCc1coc(-c2cc3sccc3s2)n1. The first-order valence-corrected chi connectivity index (χ1v) is 7.88. The largest absolute Gasteiger partial charge is 0.444 e. The Morgan fingerprint density at radius 1 is 1.32 bits per heavy atom. The number of aromatic nitrogens is 1. The van der Waals surface area contributed by atoms with E-state index < -0.39 is 0 Å². The third-order valence-corrected chi connectivity index (χ3v) is 4.78. The highest BCUT2D eigenvalue weighted by Crippen LogP contribution is 2.35. The summed E-state index contributed by atoms with van der Waals surface area (Å²) >= 11 is 3.48. The molecule has 0 fully saturated rings. The average Bonchev–Trinajstić information content (AvgIpc) is 2.99. The first-order valence-electron chi connectivity index (χ1n) is 6.18. The number of oxazole rings is 1. The van der Waals surface area contributed by atoms with Gasteiger partial charge < -0.3 is 9.73 Å². The number of nitrogens with zero attached hydrogens (tertiary/aromatic N) is 1. The Labute approximate surface area is 120 Å². The van der Waals surface area contributed by atoms with Crippen LogP contribution in [0.15, 0.2) is 28.2 Å². The second kappa shape index (κ2) is 4.74. The van der Waals surface area contributed by atoms with Crippen LogP contribution >= 0.6 is 22.7 Å². The molecular formula is C14H16N2OS2. The van der Waals surface area contributed by atoms with Crippen LogP contribution in [0.4, 0.5) is 0 Å². The predicted octanol–water partition coefficient (Wildman–Crippen LogP) is 4.51. The number of hydrogen-bond acceptors (Lipinski definition) is 5. The van der Waals surface area contributed by atoms with Gasteiger partial charge in [-0.25, -0.2) is 4.98 Å². The summed E-state index contributed by atoms with van der Waals surface area (Å²) in [6, 6.07) is 4.29. The number of fused-ring (bicyclic) bond motifs is 1. The molecule has 19 heavy (non-hydrogen) atoms. The lowest BCUT2D eigenvalue weighted by atomic mass is 10.1. The summed E-state index contributed by atoms with van der Waals surface area (Å²) in [7, 11) is 0. The van der Waals surface area contributed by atoms with Crippen molar-refractivity contribution in [1.29, 1.82) is 0 Å². The minimum absolute atomic E-state index is 0.0880. The third-order valence-electron chi connectivity index (χ3n) is 2.70. The van der Waals surface area contributed by atoms with Crippen molar-refractivity contribution < 1.29 is 4.42 Å². The van der Waals surface area contributed by atoms with Crippen molar-refractivity contribution in [2.24, 2.45) is 0 Å². The zero-order valence-electron chi connectivity index (χ0n) is 11.2. The van der Waals surface area contributed by atoms with E-state index in [0.717, 1.165) is 23.0 Å². The van der Waals surface area contributed by atoms with E-state index in [1.54, 1.807) is 28.9 Å². The summed E-state index contributed by atoms with van der Waals surface area (Å²) in [5.74, 6) is 0.721. The summed E-state index contributed by atoms with van der Waals surface area (Å²) in [5, 5.41) is 5.52. The highest BCUT2D eigenvalue weighted by Gasteiger charge is 2.13. The van der Waals surface area contributed by atoms with Gasteiger partial charge in [-0.2, -0.15) is 0 Å². The van der Waals surface area contributed by atoms with Crippen molar-refractivity contribution in [1.82, 2.24) is 10.3 Å². The monoisotopic (exact) mass is 292 g/mol. The van der Waals surface area contributed by atoms with E-state index in [4.69, 9.17) is 4.42 Å². The number of hydrogen-bond donors (Lipinski definition) is 1. The minimum atomic E-state index is 0.0880. The Morgan fingerprint density at radius 2 is 2.16 bits per heavy atom. The molecule has 0 spiro atoms. The van der Waals surface area contributed by atoms with Crippen molar-refractivity contribution in [2.45, 2.75) is 32.9 Å². The molecule has 100 valence electrons. The molecule has 0 saturated heterocycles. The molecule has 0 aliphatic carbocycles. The first-order chi connectivity index (χ1) is 9.01. The Hall–Kier alpha value is -1.17. The predicted molar refractivity (Wildman–Crippen MR) is 81.8 cm³/mol. The van der Waals surface area contributed by atoms with Gasteiger partial charge in [0.15, 0.2) is 0 Å². The van der Waals surface area contributed by atoms with Crippen LogP contribution < -0.4 is 5.32 Å². The molecule has 0 aromatic carbocycles. The van der Waals surface area contributed by atoms with Crippen molar-refractivity contribution in [3.63, 3.8) is 0 Å². The van der Waals surface area contributed by atoms with Crippen LogP contribution in [0.2, 0.25) is 0 Å². The van der Waals surface area contributed by atoms with Gasteiger partial charge in [-0.15, -0.1) is 22.7 Å². The summed E-state index contributed by atoms with van der Waals surface area (Å²) in [6.45, 7) is 7.15. The highest BCUT2D eigenvalue weighted by atomic mass is 32.1. The summed E-state index contributed by atoms with van der Waals surface area (Å²) in [6.07, 6.45) is 1.74. The van der Waals surface area contributed by atoms with E-state index in [0.29, 0.717) is 0 Å². The second-order valence-corrected chi connectivity index (χ2v) is 7.54. The lowest BCUT2D eigenvalue weighted by molar-refractivity contribution is 0.421. The average molecular weight is 292 g/mol. The molecule has 5 heteroatoms. The molecular weight excluding hydrogens is 276 g/mol. The van der Waals surface area contributed by atoms with Crippen LogP contribution in [-0.4, -0.2) is 10.5 Å². The summed E-state index contributed by atoms with van der Waals surface area (Å²) < 4.78 is 8.18. The van der Waals surface area contributed by atoms with Gasteiger partial charge in [0.05, 0.1) is 10.6 Å². The van der Waals surface area contributed by atoms with Gasteiger partial charge in [-0.3, -0.25) is 0 Å². The van der Waals surface area contributed by atoms with Crippen LogP contribution in [0, 0.1) is 0 Å². The van der Waals surface area contributed by atoms with E-state index in [1.165, 1.54) is 9.40 Å². The molecule has 0 bridgehead atoms. The molecule has 0 amide bonds. The summed E-state index contributed by atoms with van der Waals surface area (Å²) in [4.78, 5) is 5.65. The lowest BCUT2D eigenvalue weighted by Crippen LogP contribution is -2.35. The van der Waals surface area contributed by atoms with Crippen LogP contribution in [0.25, 0.3) is 20.2 Å². The lowest BCUT2D eigenvalue weighted by Gasteiger charge is -2.19. The van der Waals surface area contributed by atoms with Crippen molar-refractivity contribution in [3.8, 4) is 10.8 Å². The minimum Gasteiger partial charge on any atom is -0.444 e. The molecule has 1 N–H and O–H groups in total. The fraction of sp³-hybridized carbons (Fsp3) is 0.357. The molecule has 3 aromatic rings. The Balaban J connectivity index is 1.79. The van der Waals surface area contributed by atoms with Gasteiger partial charge in [-0.1, -0.05) is 0 Å². The third kappa shape index (κ3) is 2.88. The second-order valence-electron chi connectivity index (χ2n) is 5.51. The normalized spacial score (nSPS) is 12.4. The van der Waals surface area contributed by atoms with Gasteiger partial charge in [0.25, 0.3) is 0 Å². The molecule has 0 saturated carbocycles. The highest BCUT2D eigenvalue weighted by molar-refractivity contribution is 7.28. The standard InChI is InChI=1S/C14H16N2OS2/c1-14(2,3)15-7-9-8-17-13(16-9)12-6-11-10(19-12)4-5-18-11/h4-6,8,15H,7H2,1-3H3. The maximum absolute atomic E-state index is 5.58. The van der Waals surface area contributed by atoms with Gasteiger partial charge in [0.2, 0.25) is 5.89 Å². The quantitative estimate of drug-likeness (QED) is 0.772. The van der Waals surface area contributed by atoms with Crippen LogP contribution in [0.1, 0.15) is 26.5 Å². The Morgan fingerprint density at radius 3 is 2.89 bits per heavy atom. The molecule has 3 nitrogen and oxygen atoms in total. The van der Waals surface area contributed by atoms with Gasteiger partial charge >= 0.3 is 0 Å². The molecule has 0 unspecified atom stereocenters. The van der Waals surface area contributed by atoms with E-state index in [-0.39, 0.29) is 5.54 Å². The molecule has 0 aliphatic rings. The topological polar surface area (TPSA) is 38.1 Å². The van der Waals surface area contributed by atoms with E-state index in [9.17, 15) is 0 Å². The van der Waals surface area contributed by atoms with Gasteiger partial charge in [-0.05, 0) is 38.3 Å². The zero-order valence-corrected chi connectivity index (χ0v) is 12.8. The molecule has 0 aliphatic heterocycles. The molecule has 3 aromatic heterocycles. The maximum atomic E-state index is 5.58. The maximum Gasteiger partial charge on any atom is 0.236 e. The molecule has 3 rings (SSSR count). The van der Waals surface area contributed by atoms with E-state index in [2.05, 4.69) is 48.6 Å². The summed E-state index contributed by atoms with van der Waals surface area (Å²) in [5.41, 5.74) is 1.03. The smallest absolute Gasteiger partial charge is 0.236 e. The van der Waals surface area contributed by atoms with Crippen molar-refractivity contribution >= 4 is 32.1 Å². The molecule has 0 atom stereocenters. The Bertz CT molecular complexity index is 659. The van der Waals surface area contributed by atoms with Crippen LogP contribution in [-0.2, 0) is 6.54 Å². The fourth-order valence-corrected chi connectivity index (χ4v) is 3.77. The van der Waals surface area contributed by atoms with Crippen molar-refractivity contribution in [2.75, 3.05) is 0 Å².